The third-order valence-electron chi connectivity index (χ3n) is 4.57. The molecule has 3 heteroatoms. The fourth-order valence-corrected chi connectivity index (χ4v) is 3.68. The van der Waals surface area contributed by atoms with Crippen LogP contribution in [0.2, 0.25) is 0 Å². The summed E-state index contributed by atoms with van der Waals surface area (Å²) in [5, 5.41) is 9.11. The first-order chi connectivity index (χ1) is 9.49. The largest absolute Gasteiger partial charge is 0.487 e. The van der Waals surface area contributed by atoms with Gasteiger partial charge in [-0.05, 0) is 44.2 Å². The molecule has 1 N–H and O–H groups in total. The summed E-state index contributed by atoms with van der Waals surface area (Å²) in [6.07, 6.45) is 6.47. The number of hydrogen-bond acceptors (Lipinski definition) is 2. The number of benzene rings is 1. The van der Waals surface area contributed by atoms with E-state index >= 15 is 0 Å². The molecule has 20 heavy (non-hydrogen) atoms. The van der Waals surface area contributed by atoms with Crippen LogP contribution in [-0.2, 0) is 11.2 Å². The Hall–Kier alpha value is -1.77. The summed E-state index contributed by atoms with van der Waals surface area (Å²) in [5.74, 6) is 0.862. The zero-order valence-corrected chi connectivity index (χ0v) is 11.9. The minimum absolute atomic E-state index is 0.0693. The average molecular weight is 272 g/mol. The van der Waals surface area contributed by atoms with Gasteiger partial charge in [-0.1, -0.05) is 24.3 Å². The Kier molecular flexibility index (Phi) is 3.08. The van der Waals surface area contributed by atoms with E-state index in [0.717, 1.165) is 29.7 Å². The van der Waals surface area contributed by atoms with Crippen LogP contribution in [0, 0.1) is 5.92 Å². The normalized spacial score (nSPS) is 26.3. The maximum atomic E-state index is 11.1. The van der Waals surface area contributed by atoms with Gasteiger partial charge >= 0.3 is 5.97 Å². The van der Waals surface area contributed by atoms with Gasteiger partial charge in [0.2, 0.25) is 0 Å². The van der Waals surface area contributed by atoms with Gasteiger partial charge in [0, 0.05) is 11.5 Å². The Morgan fingerprint density at radius 2 is 2.10 bits per heavy atom. The Bertz CT molecular complexity index is 572. The van der Waals surface area contributed by atoms with Crippen LogP contribution in [-0.4, -0.2) is 16.7 Å². The summed E-state index contributed by atoms with van der Waals surface area (Å²) in [5.41, 5.74) is 1.81. The highest BCUT2D eigenvalue weighted by molar-refractivity contribution is 5.71. The maximum Gasteiger partial charge on any atom is 0.307 e. The quantitative estimate of drug-likeness (QED) is 0.838. The molecular formula is C17H20O3. The Balaban J connectivity index is 2.11. The van der Waals surface area contributed by atoms with Crippen molar-refractivity contribution in [1.82, 2.24) is 0 Å². The van der Waals surface area contributed by atoms with Gasteiger partial charge in [0.05, 0.1) is 6.42 Å². The molecule has 1 aliphatic carbocycles. The third kappa shape index (κ3) is 2.11. The van der Waals surface area contributed by atoms with Crippen molar-refractivity contribution in [2.75, 3.05) is 0 Å². The number of fused-ring (bicyclic) bond motifs is 3. The number of aliphatic carboxylic acids is 1. The molecule has 0 amide bonds. The van der Waals surface area contributed by atoms with Crippen LogP contribution >= 0.6 is 0 Å². The summed E-state index contributed by atoms with van der Waals surface area (Å²) in [7, 11) is 0. The van der Waals surface area contributed by atoms with Gasteiger partial charge in [-0.2, -0.15) is 0 Å². The van der Waals surface area contributed by atoms with Gasteiger partial charge < -0.3 is 9.84 Å². The average Bonchev–Trinajstić information content (AvgIpc) is 2.37. The summed E-state index contributed by atoms with van der Waals surface area (Å²) in [6, 6.07) is 5.78. The van der Waals surface area contributed by atoms with Crippen molar-refractivity contribution in [1.29, 1.82) is 0 Å². The molecule has 0 radical (unpaired) electrons. The molecule has 1 heterocycles. The zero-order chi connectivity index (χ0) is 14.3. The molecule has 1 aromatic rings. The number of hydrogen-bond donors (Lipinski definition) is 1. The van der Waals surface area contributed by atoms with Crippen molar-refractivity contribution >= 4 is 5.97 Å². The fraction of sp³-hybridized carbons (Fsp3) is 0.471. The van der Waals surface area contributed by atoms with Crippen molar-refractivity contribution in [3.05, 3.63) is 41.5 Å². The van der Waals surface area contributed by atoms with Gasteiger partial charge in [-0.15, -0.1) is 0 Å². The van der Waals surface area contributed by atoms with E-state index < -0.39 is 5.97 Å². The first-order valence-electron chi connectivity index (χ1n) is 7.16. The topological polar surface area (TPSA) is 46.5 Å². The molecule has 1 aromatic carbocycles. The van der Waals surface area contributed by atoms with Crippen molar-refractivity contribution < 1.29 is 14.6 Å². The van der Waals surface area contributed by atoms with Crippen LogP contribution < -0.4 is 4.74 Å². The summed E-state index contributed by atoms with van der Waals surface area (Å²) in [6.45, 7) is 4.27. The van der Waals surface area contributed by atoms with Crippen LogP contribution in [0.25, 0.3) is 0 Å². The zero-order valence-electron chi connectivity index (χ0n) is 11.9. The predicted molar refractivity (Wildman–Crippen MR) is 77.1 cm³/mol. The molecule has 2 aliphatic rings. The highest BCUT2D eigenvalue weighted by Crippen LogP contribution is 2.51. The number of carboxylic acids is 1. The first kappa shape index (κ1) is 13.2. The third-order valence-corrected chi connectivity index (χ3v) is 4.57. The molecule has 0 aromatic heterocycles. The molecule has 106 valence electrons. The van der Waals surface area contributed by atoms with E-state index in [4.69, 9.17) is 9.84 Å². The highest BCUT2D eigenvalue weighted by atomic mass is 16.5. The van der Waals surface area contributed by atoms with Crippen LogP contribution in [0.5, 0.6) is 5.75 Å². The number of ether oxygens (including phenoxy) is 1. The van der Waals surface area contributed by atoms with Gasteiger partial charge in [0.1, 0.15) is 11.4 Å². The van der Waals surface area contributed by atoms with Gasteiger partial charge in [-0.3, -0.25) is 4.79 Å². The van der Waals surface area contributed by atoms with E-state index in [1.807, 2.05) is 18.2 Å². The number of carboxylic acid groups (broad SMARTS) is 1. The molecule has 1 aliphatic heterocycles. The van der Waals surface area contributed by atoms with E-state index in [2.05, 4.69) is 26.0 Å². The molecule has 2 atom stereocenters. The van der Waals surface area contributed by atoms with Crippen molar-refractivity contribution in [2.24, 2.45) is 5.92 Å². The summed E-state index contributed by atoms with van der Waals surface area (Å²) < 4.78 is 6.18. The number of carbonyl (C=O) groups is 1. The van der Waals surface area contributed by atoms with E-state index in [1.165, 1.54) is 0 Å². The predicted octanol–water partition coefficient (Wildman–Crippen LogP) is 3.53. The Labute approximate surface area is 119 Å². The fourth-order valence-electron chi connectivity index (χ4n) is 3.68. The van der Waals surface area contributed by atoms with Crippen molar-refractivity contribution in [2.45, 2.75) is 44.6 Å². The lowest BCUT2D eigenvalue weighted by molar-refractivity contribution is -0.136. The second kappa shape index (κ2) is 4.65. The molecule has 0 spiro atoms. The van der Waals surface area contributed by atoms with E-state index in [9.17, 15) is 4.79 Å². The van der Waals surface area contributed by atoms with Crippen LogP contribution in [0.1, 0.15) is 43.7 Å². The van der Waals surface area contributed by atoms with Gasteiger partial charge in [0.25, 0.3) is 0 Å². The lowest BCUT2D eigenvalue weighted by Gasteiger charge is -2.46. The molecule has 0 fully saturated rings. The van der Waals surface area contributed by atoms with Crippen LogP contribution in [0.4, 0.5) is 0 Å². The molecule has 3 nitrogen and oxygen atoms in total. The molecule has 2 unspecified atom stereocenters. The van der Waals surface area contributed by atoms with Crippen LogP contribution in [0.15, 0.2) is 30.4 Å². The summed E-state index contributed by atoms with van der Waals surface area (Å²) >= 11 is 0. The molecule has 0 saturated carbocycles. The van der Waals surface area contributed by atoms with Crippen LogP contribution in [0.3, 0.4) is 0 Å². The van der Waals surface area contributed by atoms with E-state index in [1.54, 1.807) is 0 Å². The molecular weight excluding hydrogens is 252 g/mol. The minimum atomic E-state index is -0.786. The second-order valence-corrected chi connectivity index (χ2v) is 6.26. The lowest BCUT2D eigenvalue weighted by atomic mass is 9.68. The molecule has 0 saturated heterocycles. The van der Waals surface area contributed by atoms with Crippen molar-refractivity contribution in [3.8, 4) is 5.75 Å². The SMILES string of the molecule is CC1(C)Oc2cccc(CC(=O)O)c2C2CC=CCC21. The van der Waals surface area contributed by atoms with Crippen molar-refractivity contribution in [3.63, 3.8) is 0 Å². The lowest BCUT2D eigenvalue weighted by Crippen LogP contribution is -2.45. The van der Waals surface area contributed by atoms with E-state index in [-0.39, 0.29) is 12.0 Å². The molecule has 3 rings (SSSR count). The standard InChI is InChI=1S/C17H20O3/c1-17(2)13-8-4-3-7-12(13)16-11(10-15(18)19)6-5-9-14(16)20-17/h3-6,9,12-13H,7-8,10H2,1-2H3,(H,18,19). The monoisotopic (exact) mass is 272 g/mol. The smallest absolute Gasteiger partial charge is 0.307 e. The first-order valence-corrected chi connectivity index (χ1v) is 7.16. The number of allylic oxidation sites excluding steroid dienone is 2. The highest BCUT2D eigenvalue weighted by Gasteiger charge is 2.44. The minimum Gasteiger partial charge on any atom is -0.487 e. The second-order valence-electron chi connectivity index (χ2n) is 6.26. The Morgan fingerprint density at radius 1 is 1.35 bits per heavy atom. The van der Waals surface area contributed by atoms with E-state index in [0.29, 0.717) is 11.8 Å². The number of rotatable bonds is 2. The Morgan fingerprint density at radius 3 is 2.85 bits per heavy atom. The van der Waals surface area contributed by atoms with Gasteiger partial charge in [-0.25, -0.2) is 0 Å². The van der Waals surface area contributed by atoms with Gasteiger partial charge in [0.15, 0.2) is 0 Å². The maximum absolute atomic E-state index is 11.1. The summed E-state index contributed by atoms with van der Waals surface area (Å²) in [4.78, 5) is 11.1. The molecule has 0 bridgehead atoms.